The first-order chi connectivity index (χ1) is 9.79. The van der Waals surface area contributed by atoms with Crippen LogP contribution in [0.3, 0.4) is 0 Å². The van der Waals surface area contributed by atoms with E-state index in [2.05, 4.69) is 10.6 Å². The van der Waals surface area contributed by atoms with Crippen molar-refractivity contribution in [3.63, 3.8) is 0 Å². The minimum absolute atomic E-state index is 0.0672. The Morgan fingerprint density at radius 3 is 2.43 bits per heavy atom. The van der Waals surface area contributed by atoms with Gasteiger partial charge >= 0.3 is 6.09 Å². The lowest BCUT2D eigenvalue weighted by Gasteiger charge is -2.21. The molecule has 116 valence electrons. The first kappa shape index (κ1) is 15.6. The molecule has 1 fully saturated rings. The van der Waals surface area contributed by atoms with Crippen LogP contribution in [0.4, 0.5) is 10.5 Å². The van der Waals surface area contributed by atoms with E-state index in [4.69, 9.17) is 9.47 Å². The van der Waals surface area contributed by atoms with Gasteiger partial charge in [0.05, 0.1) is 12.8 Å². The molecule has 5 nitrogen and oxygen atoms in total. The minimum Gasteiger partial charge on any atom is -0.495 e. The second kappa shape index (κ2) is 5.56. The average molecular weight is 292 g/mol. The van der Waals surface area contributed by atoms with E-state index in [1.165, 1.54) is 5.56 Å². The maximum Gasteiger partial charge on any atom is 0.412 e. The summed E-state index contributed by atoms with van der Waals surface area (Å²) in [6.07, 6.45) is 1.75. The standard InChI is InChI=1S/C16H24N2O3/c1-15(2,3)21-14(19)18-12-7-6-11(10-13(12)20-5)16(17-4)8-9-16/h6-7,10,17H,8-9H2,1-5H3,(H,18,19). The van der Waals surface area contributed by atoms with Crippen molar-refractivity contribution in [2.24, 2.45) is 0 Å². The third-order valence-corrected chi connectivity index (χ3v) is 3.62. The van der Waals surface area contributed by atoms with Crippen molar-refractivity contribution < 1.29 is 14.3 Å². The second-order valence-electron chi connectivity index (χ2n) is 6.37. The van der Waals surface area contributed by atoms with Crippen LogP contribution in [-0.2, 0) is 10.3 Å². The lowest BCUT2D eigenvalue weighted by atomic mass is 10.0. The number of amides is 1. The number of hydrogen-bond acceptors (Lipinski definition) is 4. The number of rotatable bonds is 4. The van der Waals surface area contributed by atoms with Gasteiger partial charge in [-0.05, 0) is 58.4 Å². The van der Waals surface area contributed by atoms with Crippen molar-refractivity contribution >= 4 is 11.8 Å². The van der Waals surface area contributed by atoms with Gasteiger partial charge < -0.3 is 14.8 Å². The molecule has 0 unspecified atom stereocenters. The summed E-state index contributed by atoms with van der Waals surface area (Å²) in [6, 6.07) is 5.84. The fourth-order valence-electron chi connectivity index (χ4n) is 2.31. The van der Waals surface area contributed by atoms with E-state index in [0.717, 1.165) is 12.8 Å². The lowest BCUT2D eigenvalue weighted by Crippen LogP contribution is -2.27. The Morgan fingerprint density at radius 2 is 1.95 bits per heavy atom. The molecule has 0 aliphatic heterocycles. The summed E-state index contributed by atoms with van der Waals surface area (Å²) in [6.45, 7) is 5.49. The number of ether oxygens (including phenoxy) is 2. The van der Waals surface area contributed by atoms with Crippen molar-refractivity contribution in [3.8, 4) is 5.75 Å². The van der Waals surface area contributed by atoms with Gasteiger partial charge in [0, 0.05) is 5.54 Å². The smallest absolute Gasteiger partial charge is 0.412 e. The molecule has 1 aliphatic rings. The van der Waals surface area contributed by atoms with Crippen LogP contribution in [0.25, 0.3) is 0 Å². The van der Waals surface area contributed by atoms with Gasteiger partial charge in [-0.3, -0.25) is 5.32 Å². The van der Waals surface area contributed by atoms with Crippen LogP contribution in [0.2, 0.25) is 0 Å². The molecular formula is C16H24N2O3. The SMILES string of the molecule is CNC1(c2ccc(NC(=O)OC(C)(C)C)c(OC)c2)CC1. The van der Waals surface area contributed by atoms with Gasteiger partial charge in [-0.15, -0.1) is 0 Å². The molecule has 1 aliphatic carbocycles. The second-order valence-corrected chi connectivity index (χ2v) is 6.37. The lowest BCUT2D eigenvalue weighted by molar-refractivity contribution is 0.0635. The summed E-state index contributed by atoms with van der Waals surface area (Å²) in [4.78, 5) is 11.8. The zero-order valence-corrected chi connectivity index (χ0v) is 13.4. The minimum atomic E-state index is -0.526. The molecule has 0 aromatic heterocycles. The van der Waals surface area contributed by atoms with Crippen molar-refractivity contribution in [2.45, 2.75) is 44.8 Å². The van der Waals surface area contributed by atoms with Gasteiger partial charge in [0.1, 0.15) is 11.4 Å². The van der Waals surface area contributed by atoms with Crippen molar-refractivity contribution in [3.05, 3.63) is 23.8 Å². The van der Waals surface area contributed by atoms with Gasteiger partial charge in [0.15, 0.2) is 0 Å². The van der Waals surface area contributed by atoms with Crippen molar-refractivity contribution in [1.29, 1.82) is 0 Å². The highest BCUT2D eigenvalue weighted by molar-refractivity contribution is 5.87. The predicted molar refractivity (Wildman–Crippen MR) is 82.8 cm³/mol. The molecule has 1 amide bonds. The molecule has 1 aromatic rings. The normalized spacial score (nSPS) is 16.2. The van der Waals surface area contributed by atoms with Gasteiger partial charge in [-0.2, -0.15) is 0 Å². The van der Waals surface area contributed by atoms with E-state index in [1.807, 2.05) is 46.0 Å². The number of anilines is 1. The quantitative estimate of drug-likeness (QED) is 0.894. The van der Waals surface area contributed by atoms with E-state index < -0.39 is 11.7 Å². The van der Waals surface area contributed by atoms with Gasteiger partial charge in [0.2, 0.25) is 0 Å². The molecule has 0 spiro atoms. The summed E-state index contributed by atoms with van der Waals surface area (Å²) >= 11 is 0. The van der Waals surface area contributed by atoms with Crippen LogP contribution in [0.15, 0.2) is 18.2 Å². The van der Waals surface area contributed by atoms with E-state index in [-0.39, 0.29) is 5.54 Å². The molecule has 0 radical (unpaired) electrons. The third kappa shape index (κ3) is 3.67. The van der Waals surface area contributed by atoms with Crippen molar-refractivity contribution in [2.75, 3.05) is 19.5 Å². The fraction of sp³-hybridized carbons (Fsp3) is 0.562. The molecule has 21 heavy (non-hydrogen) atoms. The Hall–Kier alpha value is -1.75. The number of carbonyl (C=O) groups is 1. The highest BCUT2D eigenvalue weighted by Gasteiger charge is 2.43. The Bertz CT molecular complexity index is 531. The Morgan fingerprint density at radius 1 is 1.29 bits per heavy atom. The summed E-state index contributed by atoms with van der Waals surface area (Å²) in [5, 5.41) is 6.07. The maximum absolute atomic E-state index is 11.8. The van der Waals surface area contributed by atoms with Crippen LogP contribution >= 0.6 is 0 Å². The van der Waals surface area contributed by atoms with Gasteiger partial charge in [0.25, 0.3) is 0 Å². The van der Waals surface area contributed by atoms with Crippen LogP contribution in [0, 0.1) is 0 Å². The van der Waals surface area contributed by atoms with Crippen LogP contribution in [0.5, 0.6) is 5.75 Å². The topological polar surface area (TPSA) is 59.6 Å². The summed E-state index contributed by atoms with van der Waals surface area (Å²) in [7, 11) is 3.56. The average Bonchev–Trinajstić information content (AvgIpc) is 3.18. The highest BCUT2D eigenvalue weighted by atomic mass is 16.6. The molecule has 5 heteroatoms. The zero-order valence-electron chi connectivity index (χ0n) is 13.4. The molecule has 0 heterocycles. The zero-order chi connectivity index (χ0) is 15.7. The fourth-order valence-corrected chi connectivity index (χ4v) is 2.31. The number of methoxy groups -OCH3 is 1. The molecule has 0 saturated heterocycles. The van der Waals surface area contributed by atoms with Gasteiger partial charge in [-0.25, -0.2) is 4.79 Å². The Kier molecular flexibility index (Phi) is 4.14. The Labute approximate surface area is 126 Å². The first-order valence-electron chi connectivity index (χ1n) is 7.17. The summed E-state index contributed by atoms with van der Waals surface area (Å²) in [5.74, 6) is 0.639. The summed E-state index contributed by atoms with van der Waals surface area (Å²) in [5.41, 5.74) is 1.33. The predicted octanol–water partition coefficient (Wildman–Crippen LogP) is 3.25. The molecule has 1 saturated carbocycles. The van der Waals surface area contributed by atoms with E-state index in [1.54, 1.807) is 7.11 Å². The summed E-state index contributed by atoms with van der Waals surface area (Å²) < 4.78 is 10.6. The Balaban J connectivity index is 2.15. The number of benzene rings is 1. The largest absolute Gasteiger partial charge is 0.495 e. The van der Waals surface area contributed by atoms with Crippen LogP contribution < -0.4 is 15.4 Å². The molecule has 0 bridgehead atoms. The molecule has 2 N–H and O–H groups in total. The van der Waals surface area contributed by atoms with Crippen LogP contribution in [0.1, 0.15) is 39.2 Å². The van der Waals surface area contributed by atoms with Crippen molar-refractivity contribution in [1.82, 2.24) is 5.32 Å². The van der Waals surface area contributed by atoms with Crippen LogP contribution in [-0.4, -0.2) is 25.9 Å². The molecule has 0 atom stereocenters. The van der Waals surface area contributed by atoms with Gasteiger partial charge in [-0.1, -0.05) is 6.07 Å². The maximum atomic E-state index is 11.8. The molecular weight excluding hydrogens is 268 g/mol. The van der Waals surface area contributed by atoms with E-state index in [9.17, 15) is 4.79 Å². The monoisotopic (exact) mass is 292 g/mol. The highest BCUT2D eigenvalue weighted by Crippen LogP contribution is 2.46. The number of hydrogen-bond donors (Lipinski definition) is 2. The van der Waals surface area contributed by atoms with E-state index >= 15 is 0 Å². The number of carbonyl (C=O) groups excluding carboxylic acids is 1. The molecule has 1 aromatic carbocycles. The third-order valence-electron chi connectivity index (χ3n) is 3.62. The van der Waals surface area contributed by atoms with E-state index in [0.29, 0.717) is 11.4 Å². The molecule has 2 rings (SSSR count). The number of nitrogens with one attached hydrogen (secondary N) is 2. The first-order valence-corrected chi connectivity index (χ1v) is 7.17.